The molecule has 1 aromatic rings. The summed E-state index contributed by atoms with van der Waals surface area (Å²) in [5, 5.41) is 34.3. The lowest BCUT2D eigenvalue weighted by atomic mass is 10.0. The molecule has 0 aliphatic heterocycles. The Morgan fingerprint density at radius 1 is 0.912 bits per heavy atom. The largest absolute Gasteiger partial charge is 0.508 e. The van der Waals surface area contributed by atoms with Crippen molar-refractivity contribution in [3.05, 3.63) is 29.8 Å². The van der Waals surface area contributed by atoms with E-state index < -0.39 is 60.8 Å². The number of unbranched alkanes of at least 4 members (excludes halogenated alkanes) is 1. The maximum absolute atomic E-state index is 12.4. The van der Waals surface area contributed by atoms with Crippen LogP contribution in [0.15, 0.2) is 24.3 Å². The lowest BCUT2D eigenvalue weighted by Crippen LogP contribution is -2.54. The zero-order chi connectivity index (χ0) is 25.7. The Bertz CT molecular complexity index is 861. The Kier molecular flexibility index (Phi) is 12.0. The average Bonchev–Trinajstić information content (AvgIpc) is 2.77. The molecule has 0 heterocycles. The summed E-state index contributed by atoms with van der Waals surface area (Å²) in [6.07, 6.45) is 0.528. The number of carbonyl (C=O) groups is 5. The highest BCUT2D eigenvalue weighted by Crippen LogP contribution is 2.11. The second-order valence-corrected chi connectivity index (χ2v) is 7.60. The van der Waals surface area contributed by atoms with Crippen LogP contribution in [0.5, 0.6) is 5.75 Å². The Hall–Kier alpha value is -3.71. The first-order valence-corrected chi connectivity index (χ1v) is 10.6. The number of phenols is 1. The van der Waals surface area contributed by atoms with E-state index in [9.17, 15) is 34.2 Å². The van der Waals surface area contributed by atoms with Gasteiger partial charge in [0.2, 0.25) is 17.7 Å². The molecule has 0 saturated carbocycles. The van der Waals surface area contributed by atoms with E-state index in [1.54, 1.807) is 12.1 Å². The third-order valence-corrected chi connectivity index (χ3v) is 4.74. The number of hydrogen-bond donors (Lipinski definition) is 8. The minimum Gasteiger partial charge on any atom is -0.508 e. The summed E-state index contributed by atoms with van der Waals surface area (Å²) in [6, 6.07) is 2.16. The minimum absolute atomic E-state index is 0.0363. The maximum atomic E-state index is 12.4. The normalized spacial score (nSPS) is 13.2. The number of benzene rings is 1. The molecular formula is C21H31N5O8. The third-order valence-electron chi connectivity index (χ3n) is 4.74. The average molecular weight is 482 g/mol. The smallest absolute Gasteiger partial charge is 0.326 e. The summed E-state index contributed by atoms with van der Waals surface area (Å²) in [4.78, 5) is 59.2. The molecule has 0 radical (unpaired) electrons. The maximum Gasteiger partial charge on any atom is 0.326 e. The number of rotatable bonds is 15. The zero-order valence-corrected chi connectivity index (χ0v) is 18.5. The van der Waals surface area contributed by atoms with E-state index in [1.807, 2.05) is 0 Å². The first-order valence-electron chi connectivity index (χ1n) is 10.6. The molecule has 34 heavy (non-hydrogen) atoms. The number of carboxylic acids is 2. The molecule has 188 valence electrons. The molecule has 0 saturated heterocycles. The van der Waals surface area contributed by atoms with Gasteiger partial charge in [0.05, 0.1) is 19.0 Å². The fraction of sp³-hybridized carbons (Fsp3) is 0.476. The van der Waals surface area contributed by atoms with E-state index in [0.717, 1.165) is 0 Å². The molecule has 3 atom stereocenters. The molecule has 0 fully saturated rings. The standard InChI is InChI=1S/C21H31N5O8/c22-8-2-1-3-15(21(33)34)25-17(28)11-24-20(32)16(10-18(29)30)26-19(31)14(23)9-12-4-6-13(27)7-5-12/h4-7,14-16,27H,1-3,8-11,22-23H2,(H,24,32)(H,25,28)(H,26,31)(H,29,30)(H,33,34). The van der Waals surface area contributed by atoms with Crippen LogP contribution in [0.4, 0.5) is 0 Å². The summed E-state index contributed by atoms with van der Waals surface area (Å²) in [6.45, 7) is -0.239. The SMILES string of the molecule is NCCCCC(NC(=O)CNC(=O)C(CC(=O)O)NC(=O)C(N)Cc1ccc(O)cc1)C(=O)O. The molecule has 0 aliphatic carbocycles. The Morgan fingerprint density at radius 2 is 1.56 bits per heavy atom. The van der Waals surface area contributed by atoms with Crippen molar-refractivity contribution in [2.24, 2.45) is 11.5 Å². The van der Waals surface area contributed by atoms with Gasteiger partial charge in [0, 0.05) is 0 Å². The molecule has 0 aromatic heterocycles. The van der Waals surface area contributed by atoms with E-state index in [2.05, 4.69) is 16.0 Å². The number of carbonyl (C=O) groups excluding carboxylic acids is 3. The quantitative estimate of drug-likeness (QED) is 0.129. The molecular weight excluding hydrogens is 450 g/mol. The molecule has 0 spiro atoms. The number of phenolic OH excluding ortho intramolecular Hbond substituents is 1. The number of amides is 3. The summed E-state index contributed by atoms with van der Waals surface area (Å²) in [5.41, 5.74) is 11.8. The fourth-order valence-electron chi connectivity index (χ4n) is 2.93. The lowest BCUT2D eigenvalue weighted by Gasteiger charge is -2.20. The van der Waals surface area contributed by atoms with Crippen molar-refractivity contribution >= 4 is 29.7 Å². The van der Waals surface area contributed by atoms with Crippen LogP contribution in [0.3, 0.4) is 0 Å². The fourth-order valence-corrected chi connectivity index (χ4v) is 2.93. The van der Waals surface area contributed by atoms with Gasteiger partial charge in [-0.25, -0.2) is 4.79 Å². The van der Waals surface area contributed by atoms with Crippen LogP contribution in [-0.2, 0) is 30.4 Å². The van der Waals surface area contributed by atoms with Crippen LogP contribution < -0.4 is 27.4 Å². The third kappa shape index (κ3) is 10.7. The number of nitrogens with one attached hydrogen (secondary N) is 3. The van der Waals surface area contributed by atoms with Crippen molar-refractivity contribution in [3.8, 4) is 5.75 Å². The number of carboxylic acid groups (broad SMARTS) is 2. The summed E-state index contributed by atoms with van der Waals surface area (Å²) in [5.74, 6) is -5.10. The van der Waals surface area contributed by atoms with Crippen LogP contribution in [0.2, 0.25) is 0 Å². The molecule has 3 amide bonds. The van der Waals surface area contributed by atoms with E-state index in [0.29, 0.717) is 24.9 Å². The van der Waals surface area contributed by atoms with Gasteiger partial charge in [0.15, 0.2) is 0 Å². The Balaban J connectivity index is 2.65. The van der Waals surface area contributed by atoms with Crippen LogP contribution in [-0.4, -0.2) is 76.2 Å². The van der Waals surface area contributed by atoms with Crippen LogP contribution >= 0.6 is 0 Å². The molecule has 10 N–H and O–H groups in total. The van der Waals surface area contributed by atoms with Gasteiger partial charge in [-0.05, 0) is 49.9 Å². The van der Waals surface area contributed by atoms with Gasteiger partial charge < -0.3 is 42.7 Å². The van der Waals surface area contributed by atoms with Gasteiger partial charge in [-0.2, -0.15) is 0 Å². The zero-order valence-electron chi connectivity index (χ0n) is 18.5. The van der Waals surface area contributed by atoms with Crippen molar-refractivity contribution in [3.63, 3.8) is 0 Å². The molecule has 0 bridgehead atoms. The van der Waals surface area contributed by atoms with Crippen molar-refractivity contribution < 1.29 is 39.3 Å². The molecule has 13 nitrogen and oxygen atoms in total. The second-order valence-electron chi connectivity index (χ2n) is 7.60. The van der Waals surface area contributed by atoms with Gasteiger partial charge in [-0.1, -0.05) is 12.1 Å². The molecule has 13 heteroatoms. The summed E-state index contributed by atoms with van der Waals surface area (Å²) in [7, 11) is 0. The van der Waals surface area contributed by atoms with E-state index in [1.165, 1.54) is 12.1 Å². The van der Waals surface area contributed by atoms with E-state index in [-0.39, 0.29) is 18.6 Å². The summed E-state index contributed by atoms with van der Waals surface area (Å²) < 4.78 is 0. The molecule has 0 aliphatic rings. The number of aliphatic carboxylic acids is 2. The highest BCUT2D eigenvalue weighted by molar-refractivity contribution is 5.94. The van der Waals surface area contributed by atoms with Gasteiger partial charge in [0.1, 0.15) is 17.8 Å². The second kappa shape index (κ2) is 14.4. The lowest BCUT2D eigenvalue weighted by molar-refractivity contribution is -0.142. The van der Waals surface area contributed by atoms with Crippen LogP contribution in [0.1, 0.15) is 31.2 Å². The van der Waals surface area contributed by atoms with E-state index in [4.69, 9.17) is 16.6 Å². The number of hydrogen-bond acceptors (Lipinski definition) is 8. The number of aromatic hydroxyl groups is 1. The summed E-state index contributed by atoms with van der Waals surface area (Å²) >= 11 is 0. The minimum atomic E-state index is -1.51. The number of nitrogens with two attached hydrogens (primary N) is 2. The van der Waals surface area contributed by atoms with Crippen LogP contribution in [0, 0.1) is 0 Å². The van der Waals surface area contributed by atoms with Crippen molar-refractivity contribution in [1.29, 1.82) is 0 Å². The molecule has 1 rings (SSSR count). The molecule has 3 unspecified atom stereocenters. The highest BCUT2D eigenvalue weighted by atomic mass is 16.4. The van der Waals surface area contributed by atoms with Crippen molar-refractivity contribution in [2.45, 2.75) is 50.2 Å². The monoisotopic (exact) mass is 481 g/mol. The first-order chi connectivity index (χ1) is 16.0. The predicted molar refractivity (Wildman–Crippen MR) is 119 cm³/mol. The van der Waals surface area contributed by atoms with Gasteiger partial charge in [-0.3, -0.25) is 19.2 Å². The highest BCUT2D eigenvalue weighted by Gasteiger charge is 2.27. The van der Waals surface area contributed by atoms with Crippen LogP contribution in [0.25, 0.3) is 0 Å². The predicted octanol–water partition coefficient (Wildman–Crippen LogP) is -1.96. The van der Waals surface area contributed by atoms with Crippen molar-refractivity contribution in [2.75, 3.05) is 13.1 Å². The van der Waals surface area contributed by atoms with Gasteiger partial charge >= 0.3 is 11.9 Å². The van der Waals surface area contributed by atoms with Crippen molar-refractivity contribution in [1.82, 2.24) is 16.0 Å². The molecule has 1 aromatic carbocycles. The topological polar surface area (TPSA) is 234 Å². The Morgan fingerprint density at radius 3 is 2.12 bits per heavy atom. The van der Waals surface area contributed by atoms with E-state index >= 15 is 0 Å². The van der Waals surface area contributed by atoms with Gasteiger partial charge in [-0.15, -0.1) is 0 Å². The first kappa shape index (κ1) is 28.3. The Labute approximate surface area is 195 Å². The van der Waals surface area contributed by atoms with Gasteiger partial charge in [0.25, 0.3) is 0 Å².